The summed E-state index contributed by atoms with van der Waals surface area (Å²) in [5.74, 6) is 5.71. The molecule has 0 amide bonds. The van der Waals surface area contributed by atoms with Gasteiger partial charge in [0.05, 0.1) is 10.6 Å². The standard InChI is InChI=1S/C30H39N3O4S/c1-19-7-12-24(20(2)17-19)27(34)33(21-8-10-22(11-9-21)37-29-31-15-6-16-32-29)25-18-23(13-14-30(3,4)5)38-26(25)28(35)36/h6-7,15-16,18,20-22,24,27,34H,8-12,17H2,1-5H3,(H,35,36)/t20-,21?,22?,24-,27?/m0/s1. The minimum absolute atomic E-state index is 0.0102. The Morgan fingerprint density at radius 3 is 2.50 bits per heavy atom. The van der Waals surface area contributed by atoms with E-state index in [0.717, 1.165) is 38.5 Å². The van der Waals surface area contributed by atoms with Gasteiger partial charge in [-0.05, 0) is 84.3 Å². The normalized spacial score (nSPS) is 24.5. The molecule has 38 heavy (non-hydrogen) atoms. The maximum absolute atomic E-state index is 12.4. The van der Waals surface area contributed by atoms with Gasteiger partial charge in [0, 0.05) is 29.8 Å². The maximum Gasteiger partial charge on any atom is 0.348 e. The quantitative estimate of drug-likeness (QED) is 0.249. The molecule has 204 valence electrons. The van der Waals surface area contributed by atoms with Gasteiger partial charge in [0.15, 0.2) is 0 Å². The number of aliphatic hydroxyl groups is 1. The highest BCUT2D eigenvalue weighted by Gasteiger charge is 2.39. The molecule has 2 aliphatic carbocycles. The van der Waals surface area contributed by atoms with Crippen LogP contribution >= 0.6 is 11.3 Å². The Labute approximate surface area is 230 Å². The van der Waals surface area contributed by atoms with Crippen molar-refractivity contribution < 1.29 is 19.7 Å². The monoisotopic (exact) mass is 537 g/mol. The number of hydrogen-bond donors (Lipinski definition) is 2. The Morgan fingerprint density at radius 1 is 1.21 bits per heavy atom. The number of nitrogens with zero attached hydrogens (tertiary/aromatic N) is 3. The van der Waals surface area contributed by atoms with Crippen LogP contribution < -0.4 is 9.64 Å². The van der Waals surface area contributed by atoms with Crippen molar-refractivity contribution in [3.05, 3.63) is 45.9 Å². The van der Waals surface area contributed by atoms with Crippen molar-refractivity contribution in [2.24, 2.45) is 17.3 Å². The van der Waals surface area contributed by atoms with Crippen LogP contribution in [-0.2, 0) is 0 Å². The van der Waals surface area contributed by atoms with E-state index in [-0.39, 0.29) is 28.4 Å². The summed E-state index contributed by atoms with van der Waals surface area (Å²) in [5.41, 5.74) is 1.72. The highest BCUT2D eigenvalue weighted by molar-refractivity contribution is 7.15. The van der Waals surface area contributed by atoms with E-state index in [9.17, 15) is 15.0 Å². The van der Waals surface area contributed by atoms with Crippen molar-refractivity contribution >= 4 is 23.0 Å². The number of thiophene rings is 1. The first-order valence-corrected chi connectivity index (χ1v) is 14.3. The minimum Gasteiger partial charge on any atom is -0.477 e. The van der Waals surface area contributed by atoms with E-state index in [1.807, 2.05) is 31.7 Å². The molecule has 7 nitrogen and oxygen atoms in total. The van der Waals surface area contributed by atoms with Gasteiger partial charge in [-0.15, -0.1) is 11.3 Å². The molecule has 2 aliphatic rings. The van der Waals surface area contributed by atoms with Crippen LogP contribution in [0.2, 0.25) is 0 Å². The zero-order valence-corrected chi connectivity index (χ0v) is 23.8. The molecule has 3 atom stereocenters. The average molecular weight is 538 g/mol. The fraction of sp³-hybridized carbons (Fsp3) is 0.567. The second kappa shape index (κ2) is 11.9. The molecular weight excluding hydrogens is 498 g/mol. The van der Waals surface area contributed by atoms with E-state index in [2.05, 4.69) is 41.7 Å². The number of hydrogen-bond acceptors (Lipinski definition) is 7. The summed E-state index contributed by atoms with van der Waals surface area (Å²) in [4.78, 5) is 23.7. The van der Waals surface area contributed by atoms with Gasteiger partial charge in [-0.2, -0.15) is 0 Å². The SMILES string of the molecule is CC1=CC[C@H](C(O)N(c2cc(C#CC(C)(C)C)sc2C(=O)O)C2CCC(Oc3ncccn3)CC2)[C@@H](C)C1. The van der Waals surface area contributed by atoms with E-state index < -0.39 is 12.2 Å². The number of carbonyl (C=O) groups is 1. The predicted molar refractivity (Wildman–Crippen MR) is 150 cm³/mol. The van der Waals surface area contributed by atoms with E-state index in [0.29, 0.717) is 22.5 Å². The summed E-state index contributed by atoms with van der Waals surface area (Å²) >= 11 is 1.19. The zero-order chi connectivity index (χ0) is 27.4. The summed E-state index contributed by atoms with van der Waals surface area (Å²) in [6.07, 6.45) is 9.52. The predicted octanol–water partition coefficient (Wildman–Crippen LogP) is 6.14. The molecule has 0 aliphatic heterocycles. The first-order valence-electron chi connectivity index (χ1n) is 13.5. The number of carboxylic acids is 1. The maximum atomic E-state index is 12.4. The molecule has 0 saturated heterocycles. The van der Waals surface area contributed by atoms with Crippen LogP contribution in [0.3, 0.4) is 0 Å². The molecule has 2 N–H and O–H groups in total. The van der Waals surface area contributed by atoms with Crippen LogP contribution in [0, 0.1) is 29.1 Å². The molecule has 2 heterocycles. The lowest BCUT2D eigenvalue weighted by atomic mass is 9.79. The second-order valence-electron chi connectivity index (χ2n) is 11.7. The molecule has 1 unspecified atom stereocenters. The minimum atomic E-state index is -0.989. The summed E-state index contributed by atoms with van der Waals surface area (Å²) in [6, 6.07) is 3.98. The molecular formula is C30H39N3O4S. The van der Waals surface area contributed by atoms with Crippen molar-refractivity contribution in [1.82, 2.24) is 9.97 Å². The lowest BCUT2D eigenvalue weighted by Gasteiger charge is -2.45. The van der Waals surface area contributed by atoms with Crippen LogP contribution in [0.5, 0.6) is 6.01 Å². The third-order valence-electron chi connectivity index (χ3n) is 7.38. The van der Waals surface area contributed by atoms with Crippen LogP contribution in [-0.4, -0.2) is 44.5 Å². The van der Waals surface area contributed by atoms with Gasteiger partial charge in [-0.3, -0.25) is 0 Å². The molecule has 2 aromatic heterocycles. The van der Waals surface area contributed by atoms with E-state index in [1.54, 1.807) is 18.5 Å². The molecule has 1 saturated carbocycles. The molecule has 8 heteroatoms. The van der Waals surface area contributed by atoms with Crippen LogP contribution in [0.4, 0.5) is 5.69 Å². The first kappa shape index (κ1) is 28.1. The summed E-state index contributed by atoms with van der Waals surface area (Å²) in [7, 11) is 0. The number of carboxylic acid groups (broad SMARTS) is 1. The topological polar surface area (TPSA) is 95.8 Å². The summed E-state index contributed by atoms with van der Waals surface area (Å²) in [6.45, 7) is 10.4. The average Bonchev–Trinajstić information content (AvgIpc) is 3.28. The molecule has 0 spiro atoms. The van der Waals surface area contributed by atoms with Crippen LogP contribution in [0.1, 0.15) is 87.7 Å². The number of ether oxygens (including phenoxy) is 1. The lowest BCUT2D eigenvalue weighted by Crippen LogP contribution is -2.51. The Hall–Kier alpha value is -2.89. The highest BCUT2D eigenvalue weighted by Crippen LogP contribution is 2.41. The fourth-order valence-corrected chi connectivity index (χ4v) is 6.31. The van der Waals surface area contributed by atoms with Gasteiger partial charge in [0.25, 0.3) is 0 Å². The highest BCUT2D eigenvalue weighted by atomic mass is 32.1. The molecule has 2 aromatic rings. The largest absolute Gasteiger partial charge is 0.477 e. The molecule has 0 bridgehead atoms. The Morgan fingerprint density at radius 2 is 1.89 bits per heavy atom. The first-order chi connectivity index (χ1) is 18.0. The number of anilines is 1. The smallest absolute Gasteiger partial charge is 0.348 e. The van der Waals surface area contributed by atoms with E-state index in [4.69, 9.17) is 4.74 Å². The molecule has 0 radical (unpaired) electrons. The summed E-state index contributed by atoms with van der Waals surface area (Å²) < 4.78 is 6.00. The second-order valence-corrected chi connectivity index (χ2v) is 12.7. The number of aromatic nitrogens is 2. The van der Waals surface area contributed by atoms with Gasteiger partial charge >= 0.3 is 12.0 Å². The van der Waals surface area contributed by atoms with Crippen molar-refractivity contribution in [3.63, 3.8) is 0 Å². The van der Waals surface area contributed by atoms with E-state index in [1.165, 1.54) is 16.9 Å². The Kier molecular flexibility index (Phi) is 8.79. The van der Waals surface area contributed by atoms with Crippen LogP contribution in [0.15, 0.2) is 36.2 Å². The van der Waals surface area contributed by atoms with E-state index >= 15 is 0 Å². The van der Waals surface area contributed by atoms with Crippen molar-refractivity contribution in [1.29, 1.82) is 0 Å². The number of rotatable bonds is 7. The van der Waals surface area contributed by atoms with Gasteiger partial charge < -0.3 is 19.8 Å². The third-order valence-corrected chi connectivity index (χ3v) is 8.41. The van der Waals surface area contributed by atoms with Crippen molar-refractivity contribution in [3.8, 4) is 17.9 Å². The van der Waals surface area contributed by atoms with Gasteiger partial charge in [0.2, 0.25) is 0 Å². The van der Waals surface area contributed by atoms with Gasteiger partial charge in [0.1, 0.15) is 17.2 Å². The number of allylic oxidation sites excluding steroid dienone is 2. The molecule has 4 rings (SSSR count). The molecule has 0 aromatic carbocycles. The molecule has 1 fully saturated rings. The summed E-state index contributed by atoms with van der Waals surface area (Å²) in [5, 5.41) is 22.0. The fourth-order valence-electron chi connectivity index (χ4n) is 5.46. The zero-order valence-electron chi connectivity index (χ0n) is 23.0. The Bertz CT molecular complexity index is 1200. The van der Waals surface area contributed by atoms with Gasteiger partial charge in [-0.25, -0.2) is 14.8 Å². The Balaban J connectivity index is 1.64. The van der Waals surface area contributed by atoms with Crippen LogP contribution in [0.25, 0.3) is 0 Å². The van der Waals surface area contributed by atoms with Crippen molar-refractivity contribution in [2.45, 2.75) is 91.5 Å². The number of aromatic carboxylic acids is 1. The third kappa shape index (κ3) is 6.95. The number of aliphatic hydroxyl groups excluding tert-OH is 1. The lowest BCUT2D eigenvalue weighted by molar-refractivity contribution is 0.0519. The van der Waals surface area contributed by atoms with Crippen molar-refractivity contribution in [2.75, 3.05) is 4.90 Å². The van der Waals surface area contributed by atoms with Gasteiger partial charge in [-0.1, -0.05) is 30.4 Å².